The van der Waals surface area contributed by atoms with Gasteiger partial charge in [0.25, 0.3) is 5.91 Å². The van der Waals surface area contributed by atoms with E-state index in [9.17, 15) is 19.1 Å². The standard InChI is InChI=1S/C24H18FNO4/c25-18-11-9-17(10-12-18)22-21(20(27)13-8-16-5-2-1-3-6-16)23(28)24(29)26(22)15-19-7-4-14-30-19/h1-14,22,28H,15H2. The van der Waals surface area contributed by atoms with Crippen LogP contribution in [-0.2, 0) is 16.1 Å². The van der Waals surface area contributed by atoms with Gasteiger partial charge in [-0.2, -0.15) is 0 Å². The molecule has 1 N–H and O–H groups in total. The second-order valence-corrected chi connectivity index (χ2v) is 6.84. The number of aliphatic hydroxyl groups is 1. The number of hydrogen-bond donors (Lipinski definition) is 1. The highest BCUT2D eigenvalue weighted by Gasteiger charge is 2.43. The summed E-state index contributed by atoms with van der Waals surface area (Å²) in [5, 5.41) is 10.5. The number of furan rings is 1. The topological polar surface area (TPSA) is 70.8 Å². The second kappa shape index (κ2) is 8.21. The van der Waals surface area contributed by atoms with Gasteiger partial charge < -0.3 is 14.4 Å². The molecule has 0 fully saturated rings. The van der Waals surface area contributed by atoms with Gasteiger partial charge in [-0.15, -0.1) is 0 Å². The van der Waals surface area contributed by atoms with Crippen LogP contribution >= 0.6 is 0 Å². The van der Waals surface area contributed by atoms with Crippen LogP contribution in [0.2, 0.25) is 0 Å². The number of aliphatic hydroxyl groups excluding tert-OH is 1. The number of amides is 1. The van der Waals surface area contributed by atoms with Crippen molar-refractivity contribution in [1.29, 1.82) is 0 Å². The minimum Gasteiger partial charge on any atom is -0.503 e. The van der Waals surface area contributed by atoms with E-state index in [2.05, 4.69) is 0 Å². The summed E-state index contributed by atoms with van der Waals surface area (Å²) in [5.74, 6) is -1.74. The fourth-order valence-electron chi connectivity index (χ4n) is 3.46. The fourth-order valence-corrected chi connectivity index (χ4v) is 3.46. The molecule has 2 heterocycles. The quantitative estimate of drug-likeness (QED) is 0.611. The summed E-state index contributed by atoms with van der Waals surface area (Å²) in [7, 11) is 0. The van der Waals surface area contributed by atoms with Gasteiger partial charge in [0.1, 0.15) is 11.6 Å². The van der Waals surface area contributed by atoms with E-state index in [1.54, 1.807) is 18.2 Å². The first-order chi connectivity index (χ1) is 14.5. The molecule has 1 atom stereocenters. The first-order valence-corrected chi connectivity index (χ1v) is 9.34. The normalized spacial score (nSPS) is 16.6. The molecule has 1 unspecified atom stereocenters. The summed E-state index contributed by atoms with van der Waals surface area (Å²) in [6, 6.07) is 17.2. The Balaban J connectivity index is 1.72. The van der Waals surface area contributed by atoms with Crippen LogP contribution in [0, 0.1) is 5.82 Å². The van der Waals surface area contributed by atoms with Crippen molar-refractivity contribution in [3.05, 3.63) is 113 Å². The molecule has 1 aliphatic rings. The van der Waals surface area contributed by atoms with Crippen molar-refractivity contribution in [2.75, 3.05) is 0 Å². The van der Waals surface area contributed by atoms with Crippen LogP contribution < -0.4 is 0 Å². The maximum atomic E-state index is 13.5. The number of hydrogen-bond acceptors (Lipinski definition) is 4. The second-order valence-electron chi connectivity index (χ2n) is 6.84. The summed E-state index contributed by atoms with van der Waals surface area (Å²) in [5.41, 5.74) is 1.27. The number of halogens is 1. The highest BCUT2D eigenvalue weighted by molar-refractivity contribution is 6.14. The molecule has 30 heavy (non-hydrogen) atoms. The molecule has 0 aliphatic carbocycles. The Kier molecular flexibility index (Phi) is 5.30. The molecule has 2 aromatic carbocycles. The maximum Gasteiger partial charge on any atom is 0.290 e. The molecule has 1 amide bonds. The van der Waals surface area contributed by atoms with E-state index >= 15 is 0 Å². The SMILES string of the molecule is O=C(C=Cc1ccccc1)C1=C(O)C(=O)N(Cc2ccco2)C1c1ccc(F)cc1. The summed E-state index contributed by atoms with van der Waals surface area (Å²) in [4.78, 5) is 27.1. The lowest BCUT2D eigenvalue weighted by Crippen LogP contribution is -2.30. The smallest absolute Gasteiger partial charge is 0.290 e. The average molecular weight is 403 g/mol. The Morgan fingerprint density at radius 2 is 1.80 bits per heavy atom. The number of allylic oxidation sites excluding steroid dienone is 1. The monoisotopic (exact) mass is 403 g/mol. The Hall–Kier alpha value is -3.93. The van der Waals surface area contributed by atoms with Gasteiger partial charge in [0.2, 0.25) is 0 Å². The number of rotatable bonds is 6. The van der Waals surface area contributed by atoms with Gasteiger partial charge in [-0.05, 0) is 41.5 Å². The van der Waals surface area contributed by atoms with Gasteiger partial charge in [0.15, 0.2) is 11.5 Å². The van der Waals surface area contributed by atoms with Crippen molar-refractivity contribution in [3.63, 3.8) is 0 Å². The van der Waals surface area contributed by atoms with Gasteiger partial charge in [-0.25, -0.2) is 4.39 Å². The van der Waals surface area contributed by atoms with E-state index in [1.807, 2.05) is 30.3 Å². The van der Waals surface area contributed by atoms with Crippen LogP contribution in [0.15, 0.2) is 94.8 Å². The first kappa shape index (κ1) is 19.4. The van der Waals surface area contributed by atoms with Gasteiger partial charge in [-0.1, -0.05) is 48.5 Å². The van der Waals surface area contributed by atoms with E-state index in [0.29, 0.717) is 11.3 Å². The lowest BCUT2D eigenvalue weighted by Gasteiger charge is -2.25. The van der Waals surface area contributed by atoms with Crippen molar-refractivity contribution < 1.29 is 23.5 Å². The largest absolute Gasteiger partial charge is 0.503 e. The van der Waals surface area contributed by atoms with Gasteiger partial charge in [0, 0.05) is 0 Å². The molecule has 4 rings (SSSR count). The first-order valence-electron chi connectivity index (χ1n) is 9.34. The Morgan fingerprint density at radius 1 is 1.07 bits per heavy atom. The molecule has 0 radical (unpaired) electrons. The number of ketones is 1. The molecule has 1 aromatic heterocycles. The van der Waals surface area contributed by atoms with Crippen LogP contribution in [0.5, 0.6) is 0 Å². The maximum absolute atomic E-state index is 13.5. The zero-order chi connectivity index (χ0) is 21.1. The third-order valence-electron chi connectivity index (χ3n) is 4.89. The Morgan fingerprint density at radius 3 is 2.47 bits per heavy atom. The zero-order valence-electron chi connectivity index (χ0n) is 15.9. The molecule has 6 heteroatoms. The van der Waals surface area contributed by atoms with Crippen LogP contribution in [0.25, 0.3) is 6.08 Å². The molecule has 0 saturated heterocycles. The minimum atomic E-state index is -0.865. The molecule has 1 aliphatic heterocycles. The molecular weight excluding hydrogens is 385 g/mol. The number of nitrogens with zero attached hydrogens (tertiary/aromatic N) is 1. The molecule has 150 valence electrons. The highest BCUT2D eigenvalue weighted by atomic mass is 19.1. The number of carbonyl (C=O) groups excluding carboxylic acids is 2. The predicted octanol–water partition coefficient (Wildman–Crippen LogP) is 4.60. The van der Waals surface area contributed by atoms with Gasteiger partial charge in [0.05, 0.1) is 24.4 Å². The van der Waals surface area contributed by atoms with E-state index in [0.717, 1.165) is 5.56 Å². The molecule has 3 aromatic rings. The average Bonchev–Trinajstić information content (AvgIpc) is 3.36. The number of benzene rings is 2. The summed E-state index contributed by atoms with van der Waals surface area (Å²) in [6.07, 6.45) is 4.41. The summed E-state index contributed by atoms with van der Waals surface area (Å²) >= 11 is 0. The molecule has 0 spiro atoms. The van der Waals surface area contributed by atoms with E-state index in [-0.39, 0.29) is 12.1 Å². The van der Waals surface area contributed by atoms with Crippen LogP contribution in [0.3, 0.4) is 0 Å². The zero-order valence-corrected chi connectivity index (χ0v) is 15.9. The lowest BCUT2D eigenvalue weighted by molar-refractivity contribution is -0.130. The van der Waals surface area contributed by atoms with Crippen LogP contribution in [-0.4, -0.2) is 21.7 Å². The van der Waals surface area contributed by atoms with Crippen molar-refractivity contribution >= 4 is 17.8 Å². The lowest BCUT2D eigenvalue weighted by atomic mass is 9.95. The van der Waals surface area contributed by atoms with Crippen molar-refractivity contribution in [1.82, 2.24) is 4.90 Å². The Bertz CT molecular complexity index is 1120. The van der Waals surface area contributed by atoms with Crippen LogP contribution in [0.4, 0.5) is 4.39 Å². The third-order valence-corrected chi connectivity index (χ3v) is 4.89. The fraction of sp³-hybridized carbons (Fsp3) is 0.0833. The number of carbonyl (C=O) groups is 2. The summed E-state index contributed by atoms with van der Waals surface area (Å²) in [6.45, 7) is 0.0527. The molecule has 5 nitrogen and oxygen atoms in total. The molecule has 0 saturated carbocycles. The molecular formula is C24H18FNO4. The van der Waals surface area contributed by atoms with Crippen molar-refractivity contribution in [2.24, 2.45) is 0 Å². The highest BCUT2D eigenvalue weighted by Crippen LogP contribution is 2.39. The Labute approximate surface area is 172 Å². The van der Waals surface area contributed by atoms with Gasteiger partial charge >= 0.3 is 0 Å². The van der Waals surface area contributed by atoms with E-state index in [1.165, 1.54) is 41.5 Å². The minimum absolute atomic E-state index is 0.0506. The van der Waals surface area contributed by atoms with Crippen LogP contribution in [0.1, 0.15) is 22.9 Å². The summed E-state index contributed by atoms with van der Waals surface area (Å²) < 4.78 is 18.8. The van der Waals surface area contributed by atoms with Crippen molar-refractivity contribution in [2.45, 2.75) is 12.6 Å². The van der Waals surface area contributed by atoms with Gasteiger partial charge in [-0.3, -0.25) is 9.59 Å². The van der Waals surface area contributed by atoms with E-state index in [4.69, 9.17) is 4.42 Å². The predicted molar refractivity (Wildman–Crippen MR) is 109 cm³/mol. The van der Waals surface area contributed by atoms with E-state index < -0.39 is 29.3 Å². The van der Waals surface area contributed by atoms with Crippen molar-refractivity contribution in [3.8, 4) is 0 Å². The third kappa shape index (κ3) is 3.80. The molecule has 0 bridgehead atoms.